The number of thioether (sulfide) groups is 1. The van der Waals surface area contributed by atoms with Crippen molar-refractivity contribution in [3.8, 4) is 0 Å². The zero-order valence-electron chi connectivity index (χ0n) is 11.7. The van der Waals surface area contributed by atoms with E-state index >= 15 is 0 Å². The Morgan fingerprint density at radius 2 is 1.90 bits per heavy atom. The molecule has 2 heterocycles. The number of hydrogen-bond acceptors (Lipinski definition) is 3. The standard InChI is InChI=1S/C16H21NOS2/c18-15-17-14-13(20-15)16(6-2-1-3-7-16)11-9-4-5-10(8-9)12(11)19-14/h9-12H,1-8H2,(H,17,18)/t9-,10-,11+,12+/m1/s1. The van der Waals surface area contributed by atoms with Crippen LogP contribution in [0.5, 0.6) is 0 Å². The Morgan fingerprint density at radius 1 is 1.10 bits per heavy atom. The van der Waals surface area contributed by atoms with Gasteiger partial charge in [0, 0.05) is 15.5 Å². The van der Waals surface area contributed by atoms with Gasteiger partial charge in [0.25, 0.3) is 0 Å². The summed E-state index contributed by atoms with van der Waals surface area (Å²) in [6.45, 7) is 0. The molecule has 0 unspecified atom stereocenters. The van der Waals surface area contributed by atoms with Crippen LogP contribution in [-0.4, -0.2) is 10.2 Å². The van der Waals surface area contributed by atoms with Crippen LogP contribution >= 0.6 is 23.1 Å². The van der Waals surface area contributed by atoms with E-state index in [4.69, 9.17) is 0 Å². The second kappa shape index (κ2) is 4.16. The van der Waals surface area contributed by atoms with Crippen LogP contribution in [0, 0.1) is 17.8 Å². The Labute approximate surface area is 127 Å². The number of H-pyrrole nitrogens is 1. The lowest BCUT2D eigenvalue weighted by Gasteiger charge is -2.51. The fraction of sp³-hybridized carbons (Fsp3) is 0.812. The molecule has 2 bridgehead atoms. The van der Waals surface area contributed by atoms with E-state index in [9.17, 15) is 4.79 Å². The van der Waals surface area contributed by atoms with Gasteiger partial charge < -0.3 is 4.98 Å². The molecule has 3 aliphatic carbocycles. The third kappa shape index (κ3) is 1.45. The molecule has 4 heteroatoms. The number of fused-ring (bicyclic) bond motifs is 8. The van der Waals surface area contributed by atoms with Crippen molar-refractivity contribution in [3.63, 3.8) is 0 Å². The summed E-state index contributed by atoms with van der Waals surface area (Å²) in [6, 6.07) is 0. The molecule has 4 aliphatic rings. The predicted molar refractivity (Wildman–Crippen MR) is 83.7 cm³/mol. The third-order valence-electron chi connectivity index (χ3n) is 6.55. The van der Waals surface area contributed by atoms with Gasteiger partial charge in [-0.3, -0.25) is 4.79 Å². The molecule has 5 rings (SSSR count). The van der Waals surface area contributed by atoms with E-state index in [-0.39, 0.29) is 4.87 Å². The maximum Gasteiger partial charge on any atom is 0.305 e. The van der Waals surface area contributed by atoms with E-state index in [1.165, 1.54) is 72.6 Å². The van der Waals surface area contributed by atoms with Crippen LogP contribution in [0.2, 0.25) is 0 Å². The largest absolute Gasteiger partial charge is 0.307 e. The van der Waals surface area contributed by atoms with Crippen molar-refractivity contribution in [1.82, 2.24) is 4.98 Å². The molecule has 1 spiro atoms. The van der Waals surface area contributed by atoms with Gasteiger partial charge in [0.15, 0.2) is 0 Å². The fourth-order valence-electron chi connectivity index (χ4n) is 5.93. The molecule has 0 radical (unpaired) electrons. The second-order valence-electron chi connectivity index (χ2n) is 7.33. The van der Waals surface area contributed by atoms with Gasteiger partial charge >= 0.3 is 4.87 Å². The highest BCUT2D eigenvalue weighted by molar-refractivity contribution is 8.00. The molecule has 3 saturated carbocycles. The lowest BCUT2D eigenvalue weighted by atomic mass is 9.60. The number of rotatable bonds is 0. The molecule has 108 valence electrons. The van der Waals surface area contributed by atoms with Crippen LogP contribution in [0.25, 0.3) is 0 Å². The second-order valence-corrected chi connectivity index (χ2v) is 9.50. The Bertz CT molecular complexity index is 598. The van der Waals surface area contributed by atoms with E-state index in [1.54, 1.807) is 0 Å². The predicted octanol–water partition coefficient (Wildman–Crippen LogP) is 4.16. The summed E-state index contributed by atoms with van der Waals surface area (Å²) in [5.74, 6) is 2.77. The quantitative estimate of drug-likeness (QED) is 0.780. The Hall–Kier alpha value is -0.220. The summed E-state index contributed by atoms with van der Waals surface area (Å²) in [4.78, 5) is 16.7. The minimum absolute atomic E-state index is 0.180. The summed E-state index contributed by atoms with van der Waals surface area (Å²) in [5, 5.41) is 2.07. The van der Waals surface area contributed by atoms with Gasteiger partial charge in [-0.1, -0.05) is 30.6 Å². The maximum absolute atomic E-state index is 11.9. The summed E-state index contributed by atoms with van der Waals surface area (Å²) in [5.41, 5.74) is 0.382. The fourth-order valence-corrected chi connectivity index (χ4v) is 9.09. The monoisotopic (exact) mass is 307 g/mol. The molecule has 1 N–H and O–H groups in total. The number of thiazole rings is 1. The van der Waals surface area contributed by atoms with Crippen LogP contribution in [0.3, 0.4) is 0 Å². The van der Waals surface area contributed by atoms with E-state index in [1.807, 2.05) is 11.8 Å². The highest BCUT2D eigenvalue weighted by Gasteiger charge is 2.60. The molecule has 20 heavy (non-hydrogen) atoms. The highest BCUT2D eigenvalue weighted by atomic mass is 32.2. The lowest BCUT2D eigenvalue weighted by Crippen LogP contribution is -2.47. The van der Waals surface area contributed by atoms with Gasteiger partial charge in [0.05, 0.1) is 5.03 Å². The zero-order chi connectivity index (χ0) is 13.3. The number of hydrogen-bond donors (Lipinski definition) is 1. The molecule has 1 aliphatic heterocycles. The van der Waals surface area contributed by atoms with Crippen molar-refractivity contribution in [1.29, 1.82) is 0 Å². The van der Waals surface area contributed by atoms with Crippen molar-refractivity contribution in [2.24, 2.45) is 17.8 Å². The lowest BCUT2D eigenvalue weighted by molar-refractivity contribution is 0.135. The Morgan fingerprint density at radius 3 is 2.75 bits per heavy atom. The minimum atomic E-state index is 0.180. The van der Waals surface area contributed by atoms with E-state index in [0.717, 1.165) is 23.0 Å². The first-order valence-corrected chi connectivity index (χ1v) is 9.88. The first-order valence-electron chi connectivity index (χ1n) is 8.18. The van der Waals surface area contributed by atoms with E-state index in [2.05, 4.69) is 4.98 Å². The van der Waals surface area contributed by atoms with Gasteiger partial charge in [0.1, 0.15) is 0 Å². The average Bonchev–Trinajstić information content (AvgIpc) is 3.14. The summed E-state index contributed by atoms with van der Waals surface area (Å²) in [6.07, 6.45) is 11.2. The average molecular weight is 307 g/mol. The smallest absolute Gasteiger partial charge is 0.305 e. The molecular formula is C16H21NOS2. The maximum atomic E-state index is 11.9. The van der Waals surface area contributed by atoms with Gasteiger partial charge in [-0.05, 0) is 49.9 Å². The SMILES string of the molecule is O=c1[nH]c2c(s1)C1(CCCCC1)[C@H]1[C@@H]3CC[C@H](C3)[C@@H]1S2. The molecule has 1 aromatic rings. The Balaban J connectivity index is 1.70. The number of aromatic nitrogens is 1. The molecule has 0 amide bonds. The van der Waals surface area contributed by atoms with Crippen LogP contribution in [-0.2, 0) is 5.41 Å². The molecule has 0 saturated heterocycles. The van der Waals surface area contributed by atoms with Crippen molar-refractivity contribution in [2.45, 2.75) is 67.1 Å². The molecule has 2 nitrogen and oxygen atoms in total. The highest BCUT2D eigenvalue weighted by Crippen LogP contribution is 2.67. The van der Waals surface area contributed by atoms with Gasteiger partial charge in [-0.2, -0.15) is 0 Å². The topological polar surface area (TPSA) is 32.9 Å². The van der Waals surface area contributed by atoms with E-state index in [0.29, 0.717) is 5.41 Å². The van der Waals surface area contributed by atoms with E-state index < -0.39 is 0 Å². The molecule has 0 aromatic carbocycles. The van der Waals surface area contributed by atoms with Crippen molar-refractivity contribution in [3.05, 3.63) is 14.5 Å². The van der Waals surface area contributed by atoms with Crippen LogP contribution < -0.4 is 4.87 Å². The minimum Gasteiger partial charge on any atom is -0.307 e. The number of aromatic amines is 1. The molecule has 1 aromatic heterocycles. The first kappa shape index (κ1) is 12.3. The first-order chi connectivity index (χ1) is 9.78. The van der Waals surface area contributed by atoms with Crippen LogP contribution in [0.4, 0.5) is 0 Å². The zero-order valence-corrected chi connectivity index (χ0v) is 13.3. The summed E-state index contributed by atoms with van der Waals surface area (Å²) >= 11 is 3.57. The van der Waals surface area contributed by atoms with Crippen molar-refractivity contribution < 1.29 is 0 Å². The Kier molecular flexibility index (Phi) is 2.57. The third-order valence-corrected chi connectivity index (χ3v) is 9.27. The van der Waals surface area contributed by atoms with Crippen LogP contribution in [0.15, 0.2) is 9.82 Å². The van der Waals surface area contributed by atoms with Gasteiger partial charge in [-0.15, -0.1) is 11.8 Å². The molecular weight excluding hydrogens is 286 g/mol. The summed E-state index contributed by atoms with van der Waals surface area (Å²) < 4.78 is 0. The van der Waals surface area contributed by atoms with Crippen LogP contribution in [0.1, 0.15) is 56.2 Å². The van der Waals surface area contributed by atoms with Gasteiger partial charge in [0.2, 0.25) is 0 Å². The van der Waals surface area contributed by atoms with Crippen molar-refractivity contribution in [2.75, 3.05) is 0 Å². The molecule has 4 atom stereocenters. The number of nitrogens with one attached hydrogen (secondary N) is 1. The molecule has 3 fully saturated rings. The van der Waals surface area contributed by atoms with Gasteiger partial charge in [-0.25, -0.2) is 0 Å². The summed E-state index contributed by atoms with van der Waals surface area (Å²) in [7, 11) is 0. The normalized spacial score (nSPS) is 40.8. The van der Waals surface area contributed by atoms with Crippen molar-refractivity contribution >= 4 is 23.1 Å².